The Balaban J connectivity index is 0.000000181. The van der Waals surface area contributed by atoms with Gasteiger partial charge in [0.25, 0.3) is 0 Å². The molecule has 0 bridgehead atoms. The van der Waals surface area contributed by atoms with Crippen LogP contribution >= 0.6 is 34.0 Å². The van der Waals surface area contributed by atoms with Crippen molar-refractivity contribution in [3.63, 3.8) is 0 Å². The molecule has 0 aliphatic heterocycles. The molecule has 3 aromatic heterocycles. The predicted molar refractivity (Wildman–Crippen MR) is 161 cm³/mol. The number of hydrogen-bond donors (Lipinski definition) is 0. The molecule has 34 heavy (non-hydrogen) atoms. The summed E-state index contributed by atoms with van der Waals surface area (Å²) in [6, 6.07) is 15.8. The van der Waals surface area contributed by atoms with Crippen molar-refractivity contribution in [2.24, 2.45) is 0 Å². The van der Waals surface area contributed by atoms with Crippen LogP contribution in [0.5, 0.6) is 0 Å². The zero-order chi connectivity index (χ0) is 25.4. The summed E-state index contributed by atoms with van der Waals surface area (Å²) in [5, 5.41) is 5.81. The van der Waals surface area contributed by atoms with Gasteiger partial charge in [-0.3, -0.25) is 0 Å². The van der Waals surface area contributed by atoms with Gasteiger partial charge < -0.3 is 0 Å². The van der Waals surface area contributed by atoms with Gasteiger partial charge in [-0.25, -0.2) is 0 Å². The van der Waals surface area contributed by atoms with Gasteiger partial charge in [0, 0.05) is 19.3 Å². The molecule has 0 N–H and O–H groups in total. The van der Waals surface area contributed by atoms with Crippen molar-refractivity contribution in [1.29, 1.82) is 0 Å². The molecule has 0 saturated heterocycles. The Morgan fingerprint density at radius 2 is 1.06 bits per heavy atom. The van der Waals surface area contributed by atoms with Crippen LogP contribution in [0, 0.1) is 0 Å². The van der Waals surface area contributed by atoms with Crippen LogP contribution in [0.2, 0.25) is 0 Å². The van der Waals surface area contributed by atoms with E-state index in [9.17, 15) is 0 Å². The van der Waals surface area contributed by atoms with Gasteiger partial charge in [0.05, 0.1) is 0 Å². The van der Waals surface area contributed by atoms with E-state index in [1.165, 1.54) is 35.8 Å². The number of benzene rings is 1. The number of fused-ring (bicyclic) bond motifs is 1. The first-order valence-corrected chi connectivity index (χ1v) is 15.2. The molecule has 0 radical (unpaired) electrons. The van der Waals surface area contributed by atoms with Crippen LogP contribution in [-0.4, -0.2) is 0 Å². The lowest BCUT2D eigenvalue weighted by Gasteiger charge is -2.03. The Morgan fingerprint density at radius 3 is 1.47 bits per heavy atom. The summed E-state index contributed by atoms with van der Waals surface area (Å²) in [6.45, 7) is 22.4. The maximum atomic E-state index is 2.33. The molecule has 0 nitrogen and oxygen atoms in total. The summed E-state index contributed by atoms with van der Waals surface area (Å²) in [7, 11) is 0. The van der Waals surface area contributed by atoms with Crippen LogP contribution in [-0.2, 0) is 0 Å². The molecule has 0 aliphatic rings. The highest BCUT2D eigenvalue weighted by Gasteiger charge is 2.06. The fourth-order valence-corrected chi connectivity index (χ4v) is 6.18. The van der Waals surface area contributed by atoms with E-state index in [1.54, 1.807) is 0 Å². The summed E-state index contributed by atoms with van der Waals surface area (Å²) >= 11 is 5.64. The normalized spacial score (nSPS) is 11.4. The molecule has 4 rings (SSSR count). The highest BCUT2D eigenvalue weighted by atomic mass is 32.1. The Kier molecular flexibility index (Phi) is 11.5. The van der Waals surface area contributed by atoms with E-state index in [-0.39, 0.29) is 0 Å². The van der Waals surface area contributed by atoms with Crippen molar-refractivity contribution >= 4 is 44.1 Å². The zero-order valence-electron chi connectivity index (χ0n) is 22.8. The van der Waals surface area contributed by atoms with Gasteiger partial charge in [-0.1, -0.05) is 81.4 Å². The Morgan fingerprint density at radius 1 is 0.500 bits per heavy atom. The summed E-state index contributed by atoms with van der Waals surface area (Å²) in [4.78, 5) is 4.52. The quantitative estimate of drug-likeness (QED) is 0.249. The lowest BCUT2D eigenvalue weighted by atomic mass is 10.0. The van der Waals surface area contributed by atoms with Crippen molar-refractivity contribution in [1.82, 2.24) is 0 Å². The average molecular weight is 513 g/mol. The lowest BCUT2D eigenvalue weighted by Crippen LogP contribution is -1.84. The second-order valence-corrected chi connectivity index (χ2v) is 13.6. The Hall–Kier alpha value is -1.42. The minimum absolute atomic E-state index is 0.634. The van der Waals surface area contributed by atoms with Crippen LogP contribution in [0.1, 0.15) is 125 Å². The Labute approximate surface area is 221 Å². The van der Waals surface area contributed by atoms with Gasteiger partial charge in [0.15, 0.2) is 0 Å². The topological polar surface area (TPSA) is 0 Å². The zero-order valence-corrected chi connectivity index (χ0v) is 25.3. The minimum Gasteiger partial charge on any atom is -0.148 e. The van der Waals surface area contributed by atoms with Gasteiger partial charge in [-0.2, -0.15) is 0 Å². The summed E-state index contributed by atoms with van der Waals surface area (Å²) < 4.78 is 1.39. The molecule has 0 atom stereocenters. The minimum atomic E-state index is 0.634. The first-order chi connectivity index (χ1) is 16.0. The highest BCUT2D eigenvalue weighted by molar-refractivity contribution is 7.17. The molecule has 0 saturated carbocycles. The standard InChI is InChI=1S/C11H12S.2C10H16S/c1-8(2)9-3-4-11-10(7-9)5-6-12-11;1-7(2)9-5-10(8(3)4)11-6-9;1-7(2)9-5-6-10(11-9)8(3)4/h3-8H,1-2H3;2*5-8H,1-4H3. The second-order valence-electron chi connectivity index (χ2n) is 10.5. The van der Waals surface area contributed by atoms with Crippen molar-refractivity contribution in [2.75, 3.05) is 0 Å². The molecule has 0 unspecified atom stereocenters. The Bertz CT molecular complexity index is 1010. The average Bonchev–Trinajstić information content (AvgIpc) is 3.54. The van der Waals surface area contributed by atoms with E-state index >= 15 is 0 Å². The molecule has 3 heteroatoms. The first kappa shape index (κ1) is 28.8. The van der Waals surface area contributed by atoms with Gasteiger partial charge in [0.2, 0.25) is 0 Å². The lowest BCUT2D eigenvalue weighted by molar-refractivity contribution is 0.856. The monoisotopic (exact) mass is 512 g/mol. The van der Waals surface area contributed by atoms with Gasteiger partial charge in [0.1, 0.15) is 0 Å². The van der Waals surface area contributed by atoms with Crippen LogP contribution in [0.4, 0.5) is 0 Å². The molecule has 0 fully saturated rings. The van der Waals surface area contributed by atoms with Crippen molar-refractivity contribution in [3.05, 3.63) is 79.0 Å². The largest absolute Gasteiger partial charge is 0.148 e. The van der Waals surface area contributed by atoms with Crippen molar-refractivity contribution in [2.45, 2.75) is 98.8 Å². The van der Waals surface area contributed by atoms with Crippen LogP contribution in [0.25, 0.3) is 10.1 Å². The first-order valence-electron chi connectivity index (χ1n) is 12.6. The molecule has 1 aromatic carbocycles. The fourth-order valence-electron chi connectivity index (χ4n) is 3.31. The van der Waals surface area contributed by atoms with Crippen LogP contribution in [0.15, 0.2) is 53.2 Å². The van der Waals surface area contributed by atoms with E-state index in [1.807, 2.05) is 34.0 Å². The summed E-state index contributed by atoms with van der Waals surface area (Å²) in [5.74, 6) is 3.38. The highest BCUT2D eigenvalue weighted by Crippen LogP contribution is 2.29. The van der Waals surface area contributed by atoms with E-state index in [0.717, 1.165) is 0 Å². The molecular weight excluding hydrogens is 469 g/mol. The molecule has 186 valence electrons. The number of rotatable bonds is 5. The molecule has 0 amide bonds. The molecule has 0 spiro atoms. The SMILES string of the molecule is CC(C)c1ccc(C(C)C)s1.CC(C)c1ccc2sccc2c1.CC(C)c1csc(C(C)C)c1. The third-order valence-corrected chi connectivity index (χ3v) is 9.64. The number of hydrogen-bond acceptors (Lipinski definition) is 3. The van der Waals surface area contributed by atoms with Crippen LogP contribution < -0.4 is 0 Å². The number of thiophene rings is 3. The molecule has 3 heterocycles. The molecule has 0 aliphatic carbocycles. The van der Waals surface area contributed by atoms with Gasteiger partial charge in [-0.15, -0.1) is 34.0 Å². The summed E-state index contributed by atoms with van der Waals surface area (Å²) in [5.41, 5.74) is 2.92. The van der Waals surface area contributed by atoms with E-state index in [4.69, 9.17) is 0 Å². The van der Waals surface area contributed by atoms with Crippen molar-refractivity contribution < 1.29 is 0 Å². The van der Waals surface area contributed by atoms with Gasteiger partial charge >= 0.3 is 0 Å². The summed E-state index contributed by atoms with van der Waals surface area (Å²) in [6.07, 6.45) is 0. The van der Waals surface area contributed by atoms with Gasteiger partial charge in [-0.05, 0) is 87.2 Å². The van der Waals surface area contributed by atoms with Crippen LogP contribution in [0.3, 0.4) is 0 Å². The van der Waals surface area contributed by atoms with Crippen molar-refractivity contribution in [3.8, 4) is 0 Å². The maximum absolute atomic E-state index is 2.33. The van der Waals surface area contributed by atoms with E-state index in [2.05, 4.69) is 122 Å². The predicted octanol–water partition coefficient (Wildman–Crippen LogP) is 12.0. The third kappa shape index (κ3) is 8.66. The maximum Gasteiger partial charge on any atom is 0.0342 e. The molecule has 4 aromatic rings. The smallest absolute Gasteiger partial charge is 0.0342 e. The third-order valence-electron chi connectivity index (χ3n) is 5.80. The fraction of sp³-hybridized carbons (Fsp3) is 0.484. The van der Waals surface area contributed by atoms with E-state index in [0.29, 0.717) is 29.6 Å². The second kappa shape index (κ2) is 13.6. The molecular formula is C31H44S3. The van der Waals surface area contributed by atoms with E-state index < -0.39 is 0 Å².